The fraction of sp³-hybridized carbons (Fsp3) is 0.571. The Morgan fingerprint density at radius 2 is 2.00 bits per heavy atom. The van der Waals surface area contributed by atoms with Crippen molar-refractivity contribution in [2.75, 3.05) is 32.8 Å². The van der Waals surface area contributed by atoms with Gasteiger partial charge in [0.2, 0.25) is 0 Å². The van der Waals surface area contributed by atoms with Gasteiger partial charge in [-0.1, -0.05) is 42.5 Å². The van der Waals surface area contributed by atoms with Crippen molar-refractivity contribution in [2.24, 2.45) is 5.92 Å². The predicted molar refractivity (Wildman–Crippen MR) is 96.6 cm³/mol. The van der Waals surface area contributed by atoms with Crippen molar-refractivity contribution in [3.63, 3.8) is 0 Å². The van der Waals surface area contributed by atoms with Crippen molar-refractivity contribution in [2.45, 2.75) is 38.5 Å². The first-order chi connectivity index (χ1) is 11.7. The third-order valence-electron chi connectivity index (χ3n) is 5.89. The van der Waals surface area contributed by atoms with Gasteiger partial charge in [-0.25, -0.2) is 0 Å². The molecule has 2 atom stereocenters. The summed E-state index contributed by atoms with van der Waals surface area (Å²) in [7, 11) is 0. The molecule has 0 N–H and O–H groups in total. The molecular weight excluding hydrogens is 298 g/mol. The summed E-state index contributed by atoms with van der Waals surface area (Å²) < 4.78 is 6.89. The quantitative estimate of drug-likeness (QED) is 0.431. The number of quaternary nitrogens is 1. The lowest BCUT2D eigenvalue weighted by atomic mass is 9.85. The molecule has 24 heavy (non-hydrogen) atoms. The molecule has 1 fully saturated rings. The molecule has 3 nitrogen and oxygen atoms in total. The number of hydrogen-bond donors (Lipinski definition) is 0. The average molecular weight is 328 g/mol. The fourth-order valence-electron chi connectivity index (χ4n) is 4.29. The first-order valence-corrected chi connectivity index (χ1v) is 9.47. The molecule has 1 aliphatic heterocycles. The highest BCUT2D eigenvalue weighted by molar-refractivity contribution is 5.79. The minimum atomic E-state index is -0.154. The zero-order valence-corrected chi connectivity index (χ0v) is 14.8. The van der Waals surface area contributed by atoms with E-state index in [1.54, 1.807) is 0 Å². The van der Waals surface area contributed by atoms with E-state index in [9.17, 15) is 4.79 Å². The number of carbonyl (C=O) groups is 1. The summed E-state index contributed by atoms with van der Waals surface area (Å²) in [5, 5.41) is 0. The Kier molecular flexibility index (Phi) is 5.72. The lowest BCUT2D eigenvalue weighted by Gasteiger charge is -2.33. The molecule has 130 valence electrons. The Morgan fingerprint density at radius 1 is 1.25 bits per heavy atom. The van der Waals surface area contributed by atoms with Crippen LogP contribution in [0.5, 0.6) is 0 Å². The van der Waals surface area contributed by atoms with Gasteiger partial charge in [0, 0.05) is 12.8 Å². The van der Waals surface area contributed by atoms with Gasteiger partial charge in [0.05, 0.1) is 25.6 Å². The number of ether oxygens (including phenoxy) is 1. The lowest BCUT2D eigenvalue weighted by molar-refractivity contribution is -0.915. The smallest absolute Gasteiger partial charge is 0.314 e. The summed E-state index contributed by atoms with van der Waals surface area (Å²) in [5.41, 5.74) is 1.08. The summed E-state index contributed by atoms with van der Waals surface area (Å²) >= 11 is 0. The maximum atomic E-state index is 12.8. The molecule has 2 unspecified atom stereocenters. The first-order valence-electron chi connectivity index (χ1n) is 9.47. The predicted octanol–water partition coefficient (Wildman–Crippen LogP) is 3.91. The number of carbonyl (C=O) groups excluding carboxylic acids is 1. The van der Waals surface area contributed by atoms with Crippen molar-refractivity contribution in [3.05, 3.63) is 48.0 Å². The van der Waals surface area contributed by atoms with Crippen LogP contribution in [-0.2, 0) is 9.53 Å². The zero-order chi connectivity index (χ0) is 16.8. The van der Waals surface area contributed by atoms with E-state index < -0.39 is 0 Å². The van der Waals surface area contributed by atoms with Crippen molar-refractivity contribution in [1.82, 2.24) is 0 Å². The second-order valence-corrected chi connectivity index (χ2v) is 7.26. The molecule has 1 heterocycles. The minimum absolute atomic E-state index is 0.0498. The van der Waals surface area contributed by atoms with Crippen molar-refractivity contribution < 1.29 is 14.0 Å². The summed E-state index contributed by atoms with van der Waals surface area (Å²) in [4.78, 5) is 12.8. The van der Waals surface area contributed by atoms with Crippen LogP contribution in [0.3, 0.4) is 0 Å². The van der Waals surface area contributed by atoms with E-state index in [1.165, 1.54) is 25.9 Å². The van der Waals surface area contributed by atoms with E-state index >= 15 is 0 Å². The van der Waals surface area contributed by atoms with Crippen LogP contribution in [-0.4, -0.2) is 43.2 Å². The standard InChI is InChI=1S/C21H30NO2/c1-2-22(14-8-9-15-22)16-17-24-21(23)20(19-12-6-7-13-19)18-10-4-3-5-11-18/h3-6,10-12,19-20H,2,7-9,13-17H2,1H3/q+1. The average Bonchev–Trinajstić information content (AvgIpc) is 3.29. The van der Waals surface area contributed by atoms with Crippen LogP contribution in [0.15, 0.2) is 42.5 Å². The molecule has 0 amide bonds. The molecule has 1 aromatic rings. The second kappa shape index (κ2) is 7.98. The highest BCUT2D eigenvalue weighted by Crippen LogP contribution is 2.34. The van der Waals surface area contributed by atoms with E-state index in [2.05, 4.69) is 31.2 Å². The molecule has 0 saturated carbocycles. The van der Waals surface area contributed by atoms with Gasteiger partial charge in [-0.05, 0) is 31.2 Å². The summed E-state index contributed by atoms with van der Waals surface area (Å²) in [5.74, 6) is 0.0748. The largest absolute Gasteiger partial charge is 0.459 e. The number of rotatable bonds is 7. The topological polar surface area (TPSA) is 26.3 Å². The van der Waals surface area contributed by atoms with Crippen LogP contribution in [0.2, 0.25) is 0 Å². The van der Waals surface area contributed by atoms with E-state index in [0.29, 0.717) is 6.61 Å². The van der Waals surface area contributed by atoms with E-state index in [1.807, 2.05) is 18.2 Å². The molecule has 0 radical (unpaired) electrons. The highest BCUT2D eigenvalue weighted by Gasteiger charge is 2.33. The Bertz CT molecular complexity index is 560. The number of benzene rings is 1. The molecule has 2 aliphatic rings. The minimum Gasteiger partial charge on any atom is -0.459 e. The molecule has 1 saturated heterocycles. The van der Waals surface area contributed by atoms with Crippen LogP contribution < -0.4 is 0 Å². The van der Waals surface area contributed by atoms with E-state index in [-0.39, 0.29) is 17.8 Å². The lowest BCUT2D eigenvalue weighted by Crippen LogP contribution is -2.47. The van der Waals surface area contributed by atoms with Gasteiger partial charge in [-0.3, -0.25) is 4.79 Å². The Hall–Kier alpha value is -1.61. The van der Waals surface area contributed by atoms with Crippen molar-refractivity contribution in [1.29, 1.82) is 0 Å². The molecular formula is C21H30NO2+. The Labute approximate surface area is 145 Å². The fourth-order valence-corrected chi connectivity index (χ4v) is 4.29. The second-order valence-electron chi connectivity index (χ2n) is 7.26. The summed E-state index contributed by atoms with van der Waals surface area (Å²) in [6, 6.07) is 10.1. The zero-order valence-electron chi connectivity index (χ0n) is 14.8. The molecule has 0 spiro atoms. The summed E-state index contributed by atoms with van der Waals surface area (Å²) in [6.45, 7) is 7.38. The van der Waals surface area contributed by atoms with E-state index in [0.717, 1.165) is 36.0 Å². The molecule has 3 rings (SSSR count). The third kappa shape index (κ3) is 3.89. The number of nitrogens with zero attached hydrogens (tertiary/aromatic N) is 1. The van der Waals surface area contributed by atoms with Crippen LogP contribution in [0, 0.1) is 5.92 Å². The van der Waals surface area contributed by atoms with Crippen LogP contribution in [0.25, 0.3) is 0 Å². The van der Waals surface area contributed by atoms with Crippen LogP contribution >= 0.6 is 0 Å². The van der Waals surface area contributed by atoms with Crippen molar-refractivity contribution >= 4 is 5.97 Å². The molecule has 1 aliphatic carbocycles. The van der Waals surface area contributed by atoms with Gasteiger partial charge in [0.1, 0.15) is 13.2 Å². The van der Waals surface area contributed by atoms with Crippen LogP contribution in [0.4, 0.5) is 0 Å². The SMILES string of the molecule is CC[N+]1(CCOC(=O)C(c2ccccc2)C2C=CCC2)CCCC1. The maximum Gasteiger partial charge on any atom is 0.314 e. The third-order valence-corrected chi connectivity index (χ3v) is 5.89. The van der Waals surface area contributed by atoms with Crippen molar-refractivity contribution in [3.8, 4) is 0 Å². The maximum absolute atomic E-state index is 12.8. The summed E-state index contributed by atoms with van der Waals surface area (Å²) in [6.07, 6.45) is 9.11. The molecule has 0 aromatic heterocycles. The van der Waals surface area contributed by atoms with Gasteiger partial charge in [-0.15, -0.1) is 0 Å². The molecule has 0 bridgehead atoms. The van der Waals surface area contributed by atoms with Gasteiger partial charge < -0.3 is 9.22 Å². The number of likely N-dealkylation sites (tertiary alicyclic amines) is 1. The first kappa shape index (κ1) is 17.2. The van der Waals surface area contributed by atoms with Gasteiger partial charge in [0.25, 0.3) is 0 Å². The monoisotopic (exact) mass is 328 g/mol. The number of esters is 1. The highest BCUT2D eigenvalue weighted by atomic mass is 16.5. The van der Waals surface area contributed by atoms with Gasteiger partial charge in [-0.2, -0.15) is 0 Å². The molecule has 1 aromatic carbocycles. The van der Waals surface area contributed by atoms with E-state index in [4.69, 9.17) is 4.74 Å². The Morgan fingerprint density at radius 3 is 2.62 bits per heavy atom. The number of allylic oxidation sites excluding steroid dienone is 2. The Balaban J connectivity index is 1.62. The number of hydrogen-bond acceptors (Lipinski definition) is 2. The normalized spacial score (nSPS) is 23.3. The van der Waals surface area contributed by atoms with Gasteiger partial charge >= 0.3 is 5.97 Å². The van der Waals surface area contributed by atoms with Crippen LogP contribution in [0.1, 0.15) is 44.1 Å². The molecule has 3 heteroatoms. The number of likely N-dealkylation sites (N-methyl/N-ethyl adjacent to an activating group) is 1. The van der Waals surface area contributed by atoms with Gasteiger partial charge in [0.15, 0.2) is 0 Å².